The Labute approximate surface area is 90.8 Å². The van der Waals surface area contributed by atoms with E-state index < -0.39 is 11.9 Å². The molecule has 0 aliphatic rings. The van der Waals surface area contributed by atoms with Crippen LogP contribution in [0, 0.1) is 5.92 Å². The van der Waals surface area contributed by atoms with E-state index in [9.17, 15) is 9.59 Å². The SMILES string of the molecule is CCC(C(=O)O)C(=O)COCCI. The quantitative estimate of drug-likeness (QED) is 0.331. The van der Waals surface area contributed by atoms with E-state index in [1.54, 1.807) is 6.92 Å². The highest BCUT2D eigenvalue weighted by Crippen LogP contribution is 2.04. The van der Waals surface area contributed by atoms with Gasteiger partial charge >= 0.3 is 5.97 Å². The normalized spacial score (nSPS) is 12.5. The Morgan fingerprint density at radius 2 is 2.15 bits per heavy atom. The van der Waals surface area contributed by atoms with Crippen molar-refractivity contribution in [3.8, 4) is 0 Å². The molecule has 0 saturated heterocycles. The Hall–Kier alpha value is -0.170. The number of hydrogen-bond acceptors (Lipinski definition) is 3. The molecule has 0 radical (unpaired) electrons. The van der Waals surface area contributed by atoms with Crippen LogP contribution in [-0.4, -0.2) is 34.5 Å². The van der Waals surface area contributed by atoms with Crippen LogP contribution in [-0.2, 0) is 14.3 Å². The van der Waals surface area contributed by atoms with Gasteiger partial charge in [0.25, 0.3) is 0 Å². The number of carboxylic acids is 1. The van der Waals surface area contributed by atoms with Gasteiger partial charge in [-0.3, -0.25) is 9.59 Å². The number of rotatable bonds is 7. The molecule has 0 aromatic heterocycles. The third kappa shape index (κ3) is 5.20. The van der Waals surface area contributed by atoms with Crippen LogP contribution < -0.4 is 0 Å². The number of carbonyl (C=O) groups is 2. The van der Waals surface area contributed by atoms with Gasteiger partial charge in [-0.2, -0.15) is 0 Å². The Balaban J connectivity index is 3.85. The molecular formula is C8H13IO4. The maximum absolute atomic E-state index is 11.2. The number of carboxylic acid groups (broad SMARTS) is 1. The van der Waals surface area contributed by atoms with E-state index in [4.69, 9.17) is 9.84 Å². The van der Waals surface area contributed by atoms with Gasteiger partial charge in [-0.05, 0) is 6.42 Å². The van der Waals surface area contributed by atoms with E-state index in [0.29, 0.717) is 13.0 Å². The second-order valence-corrected chi connectivity index (χ2v) is 3.59. The zero-order chi connectivity index (χ0) is 10.3. The molecule has 0 saturated carbocycles. The monoisotopic (exact) mass is 300 g/mol. The summed E-state index contributed by atoms with van der Waals surface area (Å²) in [5, 5.41) is 8.62. The van der Waals surface area contributed by atoms with Crippen molar-refractivity contribution in [1.29, 1.82) is 0 Å². The molecule has 1 N–H and O–H groups in total. The molecule has 5 heteroatoms. The summed E-state index contributed by atoms with van der Waals surface area (Å²) in [6.07, 6.45) is 0.321. The third-order valence-electron chi connectivity index (χ3n) is 1.56. The second-order valence-electron chi connectivity index (χ2n) is 2.51. The first kappa shape index (κ1) is 12.8. The predicted molar refractivity (Wildman–Crippen MR) is 56.1 cm³/mol. The lowest BCUT2D eigenvalue weighted by atomic mass is 10.0. The molecule has 0 rings (SSSR count). The number of ketones is 1. The zero-order valence-electron chi connectivity index (χ0n) is 7.46. The van der Waals surface area contributed by atoms with E-state index in [1.807, 2.05) is 0 Å². The molecule has 4 nitrogen and oxygen atoms in total. The Bertz CT molecular complexity index is 181. The molecule has 0 fully saturated rings. The van der Waals surface area contributed by atoms with Crippen LogP contribution >= 0.6 is 22.6 Å². The van der Waals surface area contributed by atoms with Crippen LogP contribution in [0.5, 0.6) is 0 Å². The van der Waals surface area contributed by atoms with Crippen molar-refractivity contribution in [2.45, 2.75) is 13.3 Å². The fourth-order valence-corrected chi connectivity index (χ4v) is 1.18. The van der Waals surface area contributed by atoms with Gasteiger partial charge in [0.15, 0.2) is 5.78 Å². The van der Waals surface area contributed by atoms with Crippen LogP contribution in [0.1, 0.15) is 13.3 Å². The Kier molecular flexibility index (Phi) is 7.16. The lowest BCUT2D eigenvalue weighted by Gasteiger charge is -2.07. The Morgan fingerprint density at radius 1 is 1.54 bits per heavy atom. The molecule has 1 atom stereocenters. The van der Waals surface area contributed by atoms with Crippen molar-refractivity contribution < 1.29 is 19.4 Å². The topological polar surface area (TPSA) is 63.6 Å². The summed E-state index contributed by atoms with van der Waals surface area (Å²) in [4.78, 5) is 21.7. The predicted octanol–water partition coefficient (Wildman–Crippen LogP) is 1.12. The van der Waals surface area contributed by atoms with Gasteiger partial charge < -0.3 is 9.84 Å². The van der Waals surface area contributed by atoms with Crippen LogP contribution in [0.3, 0.4) is 0 Å². The molecule has 76 valence electrons. The molecule has 0 aromatic rings. The first-order valence-electron chi connectivity index (χ1n) is 4.02. The van der Waals surface area contributed by atoms with Gasteiger partial charge in [0.1, 0.15) is 12.5 Å². The average molecular weight is 300 g/mol. The van der Waals surface area contributed by atoms with Crippen molar-refractivity contribution in [2.75, 3.05) is 17.6 Å². The van der Waals surface area contributed by atoms with E-state index in [0.717, 1.165) is 4.43 Å². The molecule has 0 spiro atoms. The van der Waals surface area contributed by atoms with Crippen molar-refractivity contribution >= 4 is 34.3 Å². The number of carbonyl (C=O) groups excluding carboxylic acids is 1. The molecule has 0 bridgehead atoms. The molecule has 0 heterocycles. The highest BCUT2D eigenvalue weighted by atomic mass is 127. The van der Waals surface area contributed by atoms with Crippen molar-refractivity contribution in [1.82, 2.24) is 0 Å². The van der Waals surface area contributed by atoms with Crippen molar-refractivity contribution in [3.63, 3.8) is 0 Å². The first-order chi connectivity index (χ1) is 6.13. The number of aliphatic carboxylic acids is 1. The summed E-state index contributed by atoms with van der Waals surface area (Å²) in [5.74, 6) is -2.32. The Morgan fingerprint density at radius 3 is 2.54 bits per heavy atom. The average Bonchev–Trinajstić information content (AvgIpc) is 2.05. The third-order valence-corrected chi connectivity index (χ3v) is 2.00. The minimum atomic E-state index is -1.06. The molecule has 1 unspecified atom stereocenters. The highest BCUT2D eigenvalue weighted by molar-refractivity contribution is 14.1. The fraction of sp³-hybridized carbons (Fsp3) is 0.750. The molecular weight excluding hydrogens is 287 g/mol. The number of halogens is 1. The van der Waals surface area contributed by atoms with Crippen LogP contribution in [0.15, 0.2) is 0 Å². The number of hydrogen-bond donors (Lipinski definition) is 1. The van der Waals surface area contributed by atoms with Crippen molar-refractivity contribution in [2.24, 2.45) is 5.92 Å². The minimum absolute atomic E-state index is 0.0895. The minimum Gasteiger partial charge on any atom is -0.481 e. The van der Waals surface area contributed by atoms with E-state index in [-0.39, 0.29) is 12.4 Å². The fourth-order valence-electron chi connectivity index (χ4n) is 0.868. The summed E-state index contributed by atoms with van der Waals surface area (Å²) in [6, 6.07) is 0. The zero-order valence-corrected chi connectivity index (χ0v) is 9.61. The van der Waals surface area contributed by atoms with Gasteiger partial charge in [-0.15, -0.1) is 0 Å². The summed E-state index contributed by atoms with van der Waals surface area (Å²) in [6.45, 7) is 2.07. The van der Waals surface area contributed by atoms with Crippen molar-refractivity contribution in [3.05, 3.63) is 0 Å². The first-order valence-corrected chi connectivity index (χ1v) is 5.55. The number of ether oxygens (including phenoxy) is 1. The smallest absolute Gasteiger partial charge is 0.314 e. The maximum Gasteiger partial charge on any atom is 0.314 e. The molecule has 0 aromatic carbocycles. The van der Waals surface area contributed by atoms with E-state index >= 15 is 0 Å². The van der Waals surface area contributed by atoms with E-state index in [2.05, 4.69) is 22.6 Å². The maximum atomic E-state index is 11.2. The molecule has 0 aliphatic carbocycles. The van der Waals surface area contributed by atoms with Crippen LogP contribution in [0.2, 0.25) is 0 Å². The van der Waals surface area contributed by atoms with Gasteiger partial charge in [-0.25, -0.2) is 0 Å². The molecule has 13 heavy (non-hydrogen) atoms. The summed E-state index contributed by atoms with van der Waals surface area (Å²) < 4.78 is 5.76. The summed E-state index contributed by atoms with van der Waals surface area (Å²) >= 11 is 2.12. The highest BCUT2D eigenvalue weighted by Gasteiger charge is 2.23. The number of Topliss-reactive ketones (excluding diaryl/α,β-unsaturated/α-hetero) is 1. The van der Waals surface area contributed by atoms with Crippen LogP contribution in [0.4, 0.5) is 0 Å². The molecule has 0 aliphatic heterocycles. The van der Waals surface area contributed by atoms with Crippen LogP contribution in [0.25, 0.3) is 0 Å². The number of alkyl halides is 1. The molecule has 0 amide bonds. The van der Waals surface area contributed by atoms with Gasteiger partial charge in [0, 0.05) is 4.43 Å². The summed E-state index contributed by atoms with van der Waals surface area (Å²) in [5.41, 5.74) is 0. The standard InChI is InChI=1S/C8H13IO4/c1-2-6(8(11)12)7(10)5-13-4-3-9/h6H,2-5H2,1H3,(H,11,12). The lowest BCUT2D eigenvalue weighted by molar-refractivity contribution is -0.147. The van der Waals surface area contributed by atoms with E-state index in [1.165, 1.54) is 0 Å². The van der Waals surface area contributed by atoms with Gasteiger partial charge in [0.2, 0.25) is 0 Å². The van der Waals surface area contributed by atoms with Gasteiger partial charge in [0.05, 0.1) is 6.61 Å². The largest absolute Gasteiger partial charge is 0.481 e. The second kappa shape index (κ2) is 7.25. The summed E-state index contributed by atoms with van der Waals surface area (Å²) in [7, 11) is 0. The van der Waals surface area contributed by atoms with Gasteiger partial charge in [-0.1, -0.05) is 29.5 Å². The lowest BCUT2D eigenvalue weighted by Crippen LogP contribution is -2.26.